The number of hydrogen-bond acceptors (Lipinski definition) is 2. The Bertz CT molecular complexity index is 518. The highest BCUT2D eigenvalue weighted by molar-refractivity contribution is 9.10. The molecule has 0 saturated carbocycles. The zero-order valence-electron chi connectivity index (χ0n) is 6.94. The quantitative estimate of drug-likeness (QED) is 0.761. The van der Waals surface area contributed by atoms with Crippen molar-refractivity contribution in [2.24, 2.45) is 0 Å². The number of nitrogens with zero attached hydrogens (tertiary/aromatic N) is 1. The van der Waals surface area contributed by atoms with Crippen LogP contribution in [0.4, 0.5) is 4.79 Å². The van der Waals surface area contributed by atoms with Crippen molar-refractivity contribution in [2.75, 3.05) is 0 Å². The van der Waals surface area contributed by atoms with Crippen molar-refractivity contribution in [3.05, 3.63) is 28.9 Å². The van der Waals surface area contributed by atoms with Crippen molar-refractivity contribution in [1.82, 2.24) is 4.57 Å². The smallest absolute Gasteiger partial charge is 0.418 e. The molecule has 4 nitrogen and oxygen atoms in total. The Kier molecular flexibility index (Phi) is 1.96. The molecule has 1 aromatic carbocycles. The van der Waals surface area contributed by atoms with Gasteiger partial charge in [-0.3, -0.25) is 0 Å². The van der Waals surface area contributed by atoms with E-state index in [0.29, 0.717) is 10.8 Å². The number of fused-ring (bicyclic) bond motifs is 1. The molecule has 1 heterocycles. The van der Waals surface area contributed by atoms with Gasteiger partial charge in [0.2, 0.25) is 5.88 Å². The summed E-state index contributed by atoms with van der Waals surface area (Å²) in [6.45, 7) is 0. The topological polar surface area (TPSA) is 62.5 Å². The lowest BCUT2D eigenvalue weighted by Gasteiger charge is -1.94. The molecule has 0 saturated heterocycles. The lowest BCUT2D eigenvalue weighted by atomic mass is 10.2. The summed E-state index contributed by atoms with van der Waals surface area (Å²) in [6.07, 6.45) is 0.174. The maximum absolute atomic E-state index is 10.7. The van der Waals surface area contributed by atoms with Crippen molar-refractivity contribution >= 4 is 32.8 Å². The largest absolute Gasteiger partial charge is 0.494 e. The van der Waals surface area contributed by atoms with E-state index in [-0.39, 0.29) is 5.88 Å². The summed E-state index contributed by atoms with van der Waals surface area (Å²) in [5.74, 6) is -0.250. The summed E-state index contributed by atoms with van der Waals surface area (Å²) in [5, 5.41) is 19.4. The number of hydrogen-bond donors (Lipinski definition) is 2. The Hall–Kier alpha value is -1.49. The number of halogens is 1. The Morgan fingerprint density at radius 3 is 2.79 bits per heavy atom. The van der Waals surface area contributed by atoms with Gasteiger partial charge in [0.1, 0.15) is 0 Å². The predicted molar refractivity (Wildman–Crippen MR) is 54.7 cm³/mol. The fourth-order valence-corrected chi connectivity index (χ4v) is 1.70. The minimum Gasteiger partial charge on any atom is -0.494 e. The van der Waals surface area contributed by atoms with Gasteiger partial charge < -0.3 is 10.2 Å². The van der Waals surface area contributed by atoms with E-state index in [9.17, 15) is 9.90 Å². The molecule has 0 atom stereocenters. The van der Waals surface area contributed by atoms with Gasteiger partial charge in [0.25, 0.3) is 0 Å². The van der Waals surface area contributed by atoms with Crippen LogP contribution >= 0.6 is 15.9 Å². The Morgan fingerprint density at radius 2 is 2.14 bits per heavy atom. The van der Waals surface area contributed by atoms with Crippen molar-refractivity contribution in [1.29, 1.82) is 0 Å². The molecule has 0 aliphatic rings. The van der Waals surface area contributed by atoms with Gasteiger partial charge in [-0.25, -0.2) is 9.36 Å². The molecule has 0 bridgehead atoms. The lowest BCUT2D eigenvalue weighted by molar-refractivity contribution is 0.193. The van der Waals surface area contributed by atoms with Gasteiger partial charge >= 0.3 is 6.09 Å². The van der Waals surface area contributed by atoms with E-state index >= 15 is 0 Å². The van der Waals surface area contributed by atoms with E-state index in [1.165, 1.54) is 6.20 Å². The molecule has 0 fully saturated rings. The normalized spacial score (nSPS) is 10.6. The Morgan fingerprint density at radius 1 is 1.43 bits per heavy atom. The summed E-state index contributed by atoms with van der Waals surface area (Å²) < 4.78 is 1.63. The molecule has 0 radical (unpaired) electrons. The summed E-state index contributed by atoms with van der Waals surface area (Å²) in [6, 6.07) is 5.15. The monoisotopic (exact) mass is 255 g/mol. The van der Waals surface area contributed by atoms with Crippen LogP contribution in [-0.2, 0) is 0 Å². The zero-order chi connectivity index (χ0) is 10.3. The average molecular weight is 256 g/mol. The van der Waals surface area contributed by atoms with Crippen molar-refractivity contribution < 1.29 is 15.0 Å². The van der Waals surface area contributed by atoms with Crippen molar-refractivity contribution in [3.63, 3.8) is 0 Å². The highest BCUT2D eigenvalue weighted by atomic mass is 79.9. The minimum atomic E-state index is -1.20. The molecule has 0 aliphatic carbocycles. The van der Waals surface area contributed by atoms with E-state index in [0.717, 1.165) is 9.04 Å². The second-order valence-corrected chi connectivity index (χ2v) is 3.75. The second kappa shape index (κ2) is 3.02. The van der Waals surface area contributed by atoms with Crippen LogP contribution in [0, 0.1) is 0 Å². The van der Waals surface area contributed by atoms with E-state index in [1.807, 2.05) is 0 Å². The summed E-state index contributed by atoms with van der Waals surface area (Å²) in [7, 11) is 0. The van der Waals surface area contributed by atoms with E-state index in [1.54, 1.807) is 18.2 Å². The second-order valence-electron chi connectivity index (χ2n) is 2.84. The van der Waals surface area contributed by atoms with E-state index in [4.69, 9.17) is 5.11 Å². The summed E-state index contributed by atoms with van der Waals surface area (Å²) >= 11 is 3.26. The molecule has 0 aliphatic heterocycles. The number of rotatable bonds is 0. The minimum absolute atomic E-state index is 0.250. The first-order valence-electron chi connectivity index (χ1n) is 3.82. The van der Waals surface area contributed by atoms with Crippen LogP contribution < -0.4 is 0 Å². The molecule has 5 heteroatoms. The van der Waals surface area contributed by atoms with Crippen LogP contribution in [0.15, 0.2) is 28.9 Å². The summed E-state index contributed by atoms with van der Waals surface area (Å²) in [5.41, 5.74) is 0. The zero-order valence-corrected chi connectivity index (χ0v) is 8.52. The third-order valence-corrected chi connectivity index (χ3v) is 2.45. The van der Waals surface area contributed by atoms with Crippen LogP contribution in [0.1, 0.15) is 0 Å². The number of aromatic nitrogens is 1. The van der Waals surface area contributed by atoms with Gasteiger partial charge in [0, 0.05) is 21.4 Å². The molecule has 0 spiro atoms. The molecule has 1 aromatic heterocycles. The van der Waals surface area contributed by atoms with Crippen LogP contribution in [0.2, 0.25) is 0 Å². The van der Waals surface area contributed by atoms with E-state index in [2.05, 4.69) is 15.9 Å². The highest BCUT2D eigenvalue weighted by Gasteiger charge is 2.12. The summed E-state index contributed by atoms with van der Waals surface area (Å²) in [4.78, 5) is 10.7. The molecule has 0 unspecified atom stereocenters. The molecule has 2 aromatic rings. The Balaban J connectivity index is 2.79. The first-order chi connectivity index (χ1) is 6.59. The lowest BCUT2D eigenvalue weighted by Crippen LogP contribution is -2.04. The molecule has 14 heavy (non-hydrogen) atoms. The fourth-order valence-electron chi connectivity index (χ4n) is 1.32. The first-order valence-corrected chi connectivity index (χ1v) is 4.62. The number of carboxylic acid groups (broad SMARTS) is 1. The molecule has 2 N–H and O–H groups in total. The van der Waals surface area contributed by atoms with Crippen LogP contribution in [-0.4, -0.2) is 20.9 Å². The third-order valence-electron chi connectivity index (χ3n) is 1.96. The highest BCUT2D eigenvalue weighted by Crippen LogP contribution is 2.29. The fraction of sp³-hybridized carbons (Fsp3) is 0. The van der Waals surface area contributed by atoms with Gasteiger partial charge in [-0.1, -0.05) is 15.9 Å². The molecule has 72 valence electrons. The first kappa shape index (κ1) is 9.08. The maximum Gasteiger partial charge on any atom is 0.418 e. The number of benzene rings is 1. The average Bonchev–Trinajstić information content (AvgIpc) is 2.43. The van der Waals surface area contributed by atoms with Crippen LogP contribution in [0.3, 0.4) is 0 Å². The SMILES string of the molecule is O=C(O)n1cc2cc(Br)ccc2c1O. The molecule has 0 amide bonds. The van der Waals surface area contributed by atoms with E-state index < -0.39 is 6.09 Å². The van der Waals surface area contributed by atoms with Gasteiger partial charge in [-0.15, -0.1) is 0 Å². The molecular formula is C9H6BrNO3. The number of aromatic hydroxyl groups is 1. The maximum atomic E-state index is 10.7. The molecule has 2 rings (SSSR count). The van der Waals surface area contributed by atoms with Gasteiger partial charge in [-0.2, -0.15) is 0 Å². The van der Waals surface area contributed by atoms with Gasteiger partial charge in [0.15, 0.2) is 0 Å². The van der Waals surface area contributed by atoms with Gasteiger partial charge in [-0.05, 0) is 18.2 Å². The van der Waals surface area contributed by atoms with Crippen LogP contribution in [0.5, 0.6) is 5.88 Å². The van der Waals surface area contributed by atoms with Crippen molar-refractivity contribution in [3.8, 4) is 5.88 Å². The standard InChI is InChI=1S/C9H6BrNO3/c10-6-1-2-7-5(3-6)4-11(8(7)12)9(13)14/h1-4,12H,(H,13,14). The predicted octanol–water partition coefficient (Wildman–Crippen LogP) is 2.64. The number of carbonyl (C=O) groups is 1. The Labute approximate surface area is 87.5 Å². The third kappa shape index (κ3) is 1.26. The molecular weight excluding hydrogens is 250 g/mol. The van der Waals surface area contributed by atoms with Gasteiger partial charge in [0.05, 0.1) is 0 Å². The van der Waals surface area contributed by atoms with Crippen LogP contribution in [0.25, 0.3) is 10.8 Å². The van der Waals surface area contributed by atoms with Crippen molar-refractivity contribution in [2.45, 2.75) is 0 Å².